The Hall–Kier alpha value is -0.260. The van der Waals surface area contributed by atoms with Crippen molar-refractivity contribution in [3.8, 4) is 0 Å². The summed E-state index contributed by atoms with van der Waals surface area (Å²) in [6.45, 7) is 4.51. The van der Waals surface area contributed by atoms with Gasteiger partial charge < -0.3 is 0 Å². The highest BCUT2D eigenvalue weighted by Crippen LogP contribution is 2.80. The molecule has 4 heteroatoms. The third kappa shape index (κ3) is 4.28. The smallest absolute Gasteiger partial charge is 0.0180 e. The van der Waals surface area contributed by atoms with Crippen LogP contribution in [0.2, 0.25) is 0 Å². The molecule has 0 saturated carbocycles. The predicted octanol–water partition coefficient (Wildman–Crippen LogP) is 6.11. The monoisotopic (exact) mass is 394 g/mol. The topological polar surface area (TPSA) is 0 Å². The molecule has 0 bridgehead atoms. The largest absolute Gasteiger partial charge is 0.0866 e. The standard InChI is InChI=1S/C20H28P2S2/c1-3-5-17-21(23,19-13-9-7-10-14-19)22(24,18-6-4-2)20-15-11-8-12-16-20/h7-16H,3-6,17-18H2,1-2H3. The summed E-state index contributed by atoms with van der Waals surface area (Å²) in [5, 5.41) is 2.72. The normalized spacial score (nSPS) is 16.2. The van der Waals surface area contributed by atoms with Crippen molar-refractivity contribution in [1.82, 2.24) is 0 Å². The molecule has 0 heterocycles. The van der Waals surface area contributed by atoms with Crippen molar-refractivity contribution < 1.29 is 0 Å². The fraction of sp³-hybridized carbons (Fsp3) is 0.400. The van der Waals surface area contributed by atoms with Crippen LogP contribution in [0.1, 0.15) is 39.5 Å². The van der Waals surface area contributed by atoms with E-state index in [0.717, 1.165) is 12.3 Å². The maximum absolute atomic E-state index is 6.52. The molecule has 0 aliphatic carbocycles. The lowest BCUT2D eigenvalue weighted by Gasteiger charge is -2.36. The van der Waals surface area contributed by atoms with Crippen LogP contribution in [0.15, 0.2) is 60.7 Å². The molecule has 2 unspecified atom stereocenters. The molecule has 0 aliphatic heterocycles. The van der Waals surface area contributed by atoms with Gasteiger partial charge in [0.05, 0.1) is 0 Å². The van der Waals surface area contributed by atoms with Crippen molar-refractivity contribution in [2.24, 2.45) is 0 Å². The number of unbranched alkanes of at least 4 members (excludes halogenated alkanes) is 2. The lowest BCUT2D eigenvalue weighted by Crippen LogP contribution is -2.16. The van der Waals surface area contributed by atoms with Crippen LogP contribution in [0.25, 0.3) is 0 Å². The fourth-order valence-corrected chi connectivity index (χ4v) is 18.2. The maximum atomic E-state index is 6.52. The maximum Gasteiger partial charge on any atom is 0.0180 e. The molecule has 0 amide bonds. The molecule has 0 N–H and O–H groups in total. The summed E-state index contributed by atoms with van der Waals surface area (Å²) in [5.74, 6) is 0. The molecule has 0 nitrogen and oxygen atoms in total. The summed E-state index contributed by atoms with van der Waals surface area (Å²) >= 11 is 13.0. The Kier molecular flexibility index (Phi) is 7.89. The van der Waals surface area contributed by atoms with E-state index in [1.807, 2.05) is 0 Å². The minimum absolute atomic E-state index is 1.11. The SMILES string of the molecule is CCCCP(=S)(c1ccccc1)P(=S)(CCCC)c1ccccc1. The van der Waals surface area contributed by atoms with Crippen LogP contribution < -0.4 is 10.6 Å². The predicted molar refractivity (Wildman–Crippen MR) is 120 cm³/mol. The summed E-state index contributed by atoms with van der Waals surface area (Å²) in [6.07, 6.45) is 6.96. The number of benzene rings is 2. The second kappa shape index (κ2) is 9.44. The zero-order valence-electron chi connectivity index (χ0n) is 14.7. The molecule has 0 aliphatic rings. The van der Waals surface area contributed by atoms with Gasteiger partial charge in [-0.3, -0.25) is 0 Å². The molecule has 24 heavy (non-hydrogen) atoms. The molecule has 0 aromatic heterocycles. The fourth-order valence-electron chi connectivity index (χ4n) is 3.02. The Labute approximate surface area is 158 Å². The summed E-state index contributed by atoms with van der Waals surface area (Å²) in [6, 6.07) is 21.7. The van der Waals surface area contributed by atoms with Gasteiger partial charge in [-0.1, -0.05) is 111 Å². The Morgan fingerprint density at radius 2 is 0.958 bits per heavy atom. The Bertz CT molecular complexity index is 647. The zero-order valence-corrected chi connectivity index (χ0v) is 18.1. The van der Waals surface area contributed by atoms with E-state index in [4.69, 9.17) is 23.6 Å². The van der Waals surface area contributed by atoms with Gasteiger partial charge in [0.15, 0.2) is 0 Å². The average Bonchev–Trinajstić information content (AvgIpc) is 2.65. The van der Waals surface area contributed by atoms with E-state index in [1.165, 1.54) is 36.3 Å². The zero-order chi connectivity index (χ0) is 17.5. The molecule has 0 radical (unpaired) electrons. The molecule has 0 fully saturated rings. The second-order valence-corrected chi connectivity index (χ2v) is 20.4. The average molecular weight is 395 g/mol. The van der Waals surface area contributed by atoms with Gasteiger partial charge in [-0.2, -0.15) is 0 Å². The summed E-state index contributed by atoms with van der Waals surface area (Å²) in [4.78, 5) is 0. The molecule has 2 aromatic carbocycles. The molecule has 0 spiro atoms. The van der Waals surface area contributed by atoms with Gasteiger partial charge in [0.2, 0.25) is 0 Å². The number of hydrogen-bond acceptors (Lipinski definition) is 2. The van der Waals surface area contributed by atoms with Gasteiger partial charge >= 0.3 is 0 Å². The first-order valence-corrected chi connectivity index (χ1v) is 15.6. The van der Waals surface area contributed by atoms with Crippen molar-refractivity contribution in [1.29, 1.82) is 0 Å². The third-order valence-corrected chi connectivity index (χ3v) is 23.6. The van der Waals surface area contributed by atoms with Crippen LogP contribution >= 0.6 is 11.5 Å². The molecular formula is C20H28P2S2. The Morgan fingerprint density at radius 3 is 1.25 bits per heavy atom. The van der Waals surface area contributed by atoms with Crippen molar-refractivity contribution in [3.63, 3.8) is 0 Å². The van der Waals surface area contributed by atoms with E-state index in [1.54, 1.807) is 0 Å². The van der Waals surface area contributed by atoms with Gasteiger partial charge in [-0.05, 0) is 35.8 Å². The van der Waals surface area contributed by atoms with Crippen molar-refractivity contribution in [2.75, 3.05) is 12.3 Å². The van der Waals surface area contributed by atoms with Crippen LogP contribution in [-0.2, 0) is 23.6 Å². The van der Waals surface area contributed by atoms with Gasteiger partial charge in [-0.15, -0.1) is 0 Å². The van der Waals surface area contributed by atoms with Gasteiger partial charge in [0.25, 0.3) is 0 Å². The van der Waals surface area contributed by atoms with Gasteiger partial charge in [0, 0.05) is 11.5 Å². The first kappa shape index (κ1) is 20.1. The third-order valence-electron chi connectivity index (χ3n) is 4.47. The quantitative estimate of drug-likeness (QED) is 0.471. The molecular weight excluding hydrogens is 366 g/mol. The highest BCUT2D eigenvalue weighted by atomic mass is 32.8. The van der Waals surface area contributed by atoms with E-state index in [2.05, 4.69) is 74.5 Å². The van der Waals surface area contributed by atoms with E-state index in [9.17, 15) is 0 Å². The minimum atomic E-state index is -1.80. The summed E-state index contributed by atoms with van der Waals surface area (Å²) in [7, 11) is 0. The molecule has 2 atom stereocenters. The van der Waals surface area contributed by atoms with Crippen molar-refractivity contribution in [2.45, 2.75) is 39.5 Å². The lowest BCUT2D eigenvalue weighted by molar-refractivity contribution is 0.890. The van der Waals surface area contributed by atoms with Crippen LogP contribution in [0, 0.1) is 0 Å². The van der Waals surface area contributed by atoms with E-state index >= 15 is 0 Å². The van der Waals surface area contributed by atoms with Crippen LogP contribution in [0.3, 0.4) is 0 Å². The second-order valence-electron chi connectivity index (χ2n) is 6.23. The number of hydrogen-bond donors (Lipinski definition) is 0. The van der Waals surface area contributed by atoms with Gasteiger partial charge in [0.1, 0.15) is 0 Å². The first-order valence-electron chi connectivity index (χ1n) is 8.88. The Balaban J connectivity index is 2.61. The van der Waals surface area contributed by atoms with E-state index < -0.39 is 11.5 Å². The first-order chi connectivity index (χ1) is 11.6. The molecule has 2 aromatic rings. The van der Waals surface area contributed by atoms with Crippen LogP contribution in [0.5, 0.6) is 0 Å². The summed E-state index contributed by atoms with van der Waals surface area (Å²) in [5.41, 5.74) is -3.61. The molecule has 2 rings (SSSR count). The van der Waals surface area contributed by atoms with Crippen molar-refractivity contribution in [3.05, 3.63) is 60.7 Å². The lowest BCUT2D eigenvalue weighted by atomic mass is 10.4. The van der Waals surface area contributed by atoms with Crippen LogP contribution in [0.4, 0.5) is 0 Å². The van der Waals surface area contributed by atoms with E-state index in [-0.39, 0.29) is 0 Å². The molecule has 0 saturated heterocycles. The van der Waals surface area contributed by atoms with E-state index in [0.29, 0.717) is 0 Å². The summed E-state index contributed by atoms with van der Waals surface area (Å²) < 4.78 is 0. The minimum Gasteiger partial charge on any atom is -0.0866 e. The highest BCUT2D eigenvalue weighted by molar-refractivity contribution is 8.70. The highest BCUT2D eigenvalue weighted by Gasteiger charge is 2.36. The molecule has 130 valence electrons. The van der Waals surface area contributed by atoms with Crippen molar-refractivity contribution >= 4 is 45.7 Å². The Morgan fingerprint density at radius 1 is 0.625 bits per heavy atom. The number of rotatable bonds is 9. The van der Waals surface area contributed by atoms with Gasteiger partial charge in [-0.25, -0.2) is 0 Å². The van der Waals surface area contributed by atoms with Crippen LogP contribution in [-0.4, -0.2) is 12.3 Å².